The lowest BCUT2D eigenvalue weighted by Crippen LogP contribution is -2.54. The van der Waals surface area contributed by atoms with Crippen molar-refractivity contribution < 1.29 is 9.90 Å². The first-order valence-corrected chi connectivity index (χ1v) is 9.25. The van der Waals surface area contributed by atoms with E-state index in [-0.39, 0.29) is 18.7 Å². The van der Waals surface area contributed by atoms with Crippen LogP contribution in [0, 0.1) is 5.92 Å². The fourth-order valence-corrected chi connectivity index (χ4v) is 3.78. The summed E-state index contributed by atoms with van der Waals surface area (Å²) in [7, 11) is 0. The van der Waals surface area contributed by atoms with Crippen LogP contribution in [0.4, 0.5) is 4.79 Å². The number of amides is 2. The number of thiophene rings is 1. The Morgan fingerprint density at radius 1 is 1.29 bits per heavy atom. The van der Waals surface area contributed by atoms with Gasteiger partial charge in [0.25, 0.3) is 0 Å². The van der Waals surface area contributed by atoms with E-state index < -0.39 is 5.54 Å². The summed E-state index contributed by atoms with van der Waals surface area (Å²) in [4.78, 5) is 13.6. The SMILES string of the molecule is CC(CO)(NC(=O)NC(Cc1ccccc1)c1cccs1)C1CC1. The van der Waals surface area contributed by atoms with Crippen molar-refractivity contribution in [2.24, 2.45) is 5.92 Å². The molecule has 1 aromatic heterocycles. The molecular weight excluding hydrogens is 320 g/mol. The van der Waals surface area contributed by atoms with Gasteiger partial charge in [-0.2, -0.15) is 0 Å². The van der Waals surface area contributed by atoms with Crippen LogP contribution in [0.25, 0.3) is 0 Å². The molecule has 1 aliphatic rings. The third-order valence-corrected chi connectivity index (χ3v) is 5.67. The van der Waals surface area contributed by atoms with E-state index >= 15 is 0 Å². The Morgan fingerprint density at radius 3 is 2.62 bits per heavy atom. The molecule has 2 unspecified atom stereocenters. The zero-order valence-electron chi connectivity index (χ0n) is 13.9. The number of rotatable bonds is 7. The summed E-state index contributed by atoms with van der Waals surface area (Å²) in [5.74, 6) is 0.377. The normalized spacial score (nSPS) is 17.8. The molecule has 24 heavy (non-hydrogen) atoms. The number of aliphatic hydroxyl groups is 1. The lowest BCUT2D eigenvalue weighted by molar-refractivity contribution is 0.154. The minimum absolute atomic E-state index is 0.0343. The molecule has 1 aromatic carbocycles. The molecule has 2 atom stereocenters. The molecule has 2 amide bonds. The van der Waals surface area contributed by atoms with E-state index in [0.29, 0.717) is 5.92 Å². The van der Waals surface area contributed by atoms with Crippen molar-refractivity contribution in [3.8, 4) is 0 Å². The second-order valence-corrected chi connectivity index (χ2v) is 7.69. The Hall–Kier alpha value is -1.85. The molecule has 3 N–H and O–H groups in total. The molecule has 4 nitrogen and oxygen atoms in total. The van der Waals surface area contributed by atoms with Crippen molar-refractivity contribution in [3.05, 3.63) is 58.3 Å². The Bertz CT molecular complexity index is 655. The third-order valence-electron chi connectivity index (χ3n) is 4.68. The smallest absolute Gasteiger partial charge is 0.315 e. The first-order valence-electron chi connectivity index (χ1n) is 8.37. The number of carbonyl (C=O) groups is 1. The van der Waals surface area contributed by atoms with Gasteiger partial charge in [-0.25, -0.2) is 4.79 Å². The minimum Gasteiger partial charge on any atom is -0.394 e. The van der Waals surface area contributed by atoms with Crippen molar-refractivity contribution >= 4 is 17.4 Å². The highest BCUT2D eigenvalue weighted by Gasteiger charge is 2.42. The van der Waals surface area contributed by atoms with E-state index in [4.69, 9.17) is 0 Å². The maximum Gasteiger partial charge on any atom is 0.315 e. The van der Waals surface area contributed by atoms with E-state index in [1.165, 1.54) is 5.56 Å². The summed E-state index contributed by atoms with van der Waals surface area (Å²) in [5, 5.41) is 17.8. The van der Waals surface area contributed by atoms with Crippen LogP contribution in [0.15, 0.2) is 47.8 Å². The molecule has 1 heterocycles. The number of benzene rings is 1. The topological polar surface area (TPSA) is 61.4 Å². The van der Waals surface area contributed by atoms with Gasteiger partial charge in [-0.05, 0) is 49.1 Å². The van der Waals surface area contributed by atoms with Crippen LogP contribution in [0.5, 0.6) is 0 Å². The number of carbonyl (C=O) groups excluding carboxylic acids is 1. The molecule has 0 aliphatic heterocycles. The number of aliphatic hydroxyl groups excluding tert-OH is 1. The van der Waals surface area contributed by atoms with Gasteiger partial charge in [-0.1, -0.05) is 36.4 Å². The summed E-state index contributed by atoms with van der Waals surface area (Å²) in [6.45, 7) is 1.88. The van der Waals surface area contributed by atoms with Crippen molar-refractivity contribution in [2.75, 3.05) is 6.61 Å². The first kappa shape index (κ1) is 17.0. The van der Waals surface area contributed by atoms with E-state index in [2.05, 4.69) is 22.8 Å². The molecule has 1 saturated carbocycles. The summed E-state index contributed by atoms with van der Waals surface area (Å²) < 4.78 is 0. The molecule has 128 valence electrons. The highest BCUT2D eigenvalue weighted by Crippen LogP contribution is 2.39. The monoisotopic (exact) mass is 344 g/mol. The highest BCUT2D eigenvalue weighted by molar-refractivity contribution is 7.10. The molecule has 1 fully saturated rings. The molecule has 0 radical (unpaired) electrons. The number of hydrogen-bond donors (Lipinski definition) is 3. The Balaban J connectivity index is 1.68. The average molecular weight is 344 g/mol. The molecule has 0 bridgehead atoms. The third kappa shape index (κ3) is 4.16. The van der Waals surface area contributed by atoms with Gasteiger partial charge in [0.1, 0.15) is 0 Å². The van der Waals surface area contributed by atoms with Crippen molar-refractivity contribution in [1.29, 1.82) is 0 Å². The summed E-state index contributed by atoms with van der Waals surface area (Å²) >= 11 is 1.64. The van der Waals surface area contributed by atoms with Gasteiger partial charge in [-0.3, -0.25) is 0 Å². The standard InChI is InChI=1S/C19H24N2O2S/c1-19(13-22,15-9-10-15)21-18(23)20-16(17-8-5-11-24-17)12-14-6-3-2-4-7-14/h2-8,11,15-16,22H,9-10,12-13H2,1H3,(H2,20,21,23). The van der Waals surface area contributed by atoms with Crippen LogP contribution in [-0.4, -0.2) is 23.3 Å². The van der Waals surface area contributed by atoms with Crippen molar-refractivity contribution in [1.82, 2.24) is 10.6 Å². The van der Waals surface area contributed by atoms with Gasteiger partial charge in [0, 0.05) is 4.88 Å². The summed E-state index contributed by atoms with van der Waals surface area (Å²) in [6, 6.07) is 13.9. The highest BCUT2D eigenvalue weighted by atomic mass is 32.1. The number of urea groups is 1. The molecule has 0 spiro atoms. The average Bonchev–Trinajstić information content (AvgIpc) is 3.31. The van der Waals surface area contributed by atoms with Crippen molar-refractivity contribution in [2.45, 2.75) is 37.8 Å². The minimum atomic E-state index is -0.531. The van der Waals surface area contributed by atoms with Crippen LogP contribution in [0.2, 0.25) is 0 Å². The largest absolute Gasteiger partial charge is 0.394 e. The van der Waals surface area contributed by atoms with Crippen molar-refractivity contribution in [3.63, 3.8) is 0 Å². The number of nitrogens with one attached hydrogen (secondary N) is 2. The molecule has 0 saturated heterocycles. The van der Waals surface area contributed by atoms with Gasteiger partial charge in [0.05, 0.1) is 18.2 Å². The lowest BCUT2D eigenvalue weighted by Gasteiger charge is -2.30. The van der Waals surface area contributed by atoms with E-state index in [0.717, 1.165) is 24.1 Å². The first-order chi connectivity index (χ1) is 11.6. The molecule has 1 aliphatic carbocycles. The fourth-order valence-electron chi connectivity index (χ4n) is 3.01. The van der Waals surface area contributed by atoms with Crippen LogP contribution in [0.3, 0.4) is 0 Å². The number of hydrogen-bond acceptors (Lipinski definition) is 3. The second kappa shape index (κ2) is 7.36. The maximum atomic E-state index is 12.5. The Kier molecular flexibility index (Phi) is 5.21. The molecule has 2 aromatic rings. The van der Waals surface area contributed by atoms with Gasteiger partial charge in [0.2, 0.25) is 0 Å². The predicted octanol–water partition coefficient (Wildman–Crippen LogP) is 3.49. The van der Waals surface area contributed by atoms with Crippen LogP contribution in [0.1, 0.15) is 36.2 Å². The zero-order valence-corrected chi connectivity index (χ0v) is 14.7. The van der Waals surface area contributed by atoms with Gasteiger partial charge >= 0.3 is 6.03 Å². The lowest BCUT2D eigenvalue weighted by atomic mass is 9.97. The molecular formula is C19H24N2O2S. The van der Waals surface area contributed by atoms with Gasteiger partial charge < -0.3 is 15.7 Å². The van der Waals surface area contributed by atoms with Crippen LogP contribution < -0.4 is 10.6 Å². The fraction of sp³-hybridized carbons (Fsp3) is 0.421. The molecule has 5 heteroatoms. The molecule has 3 rings (SSSR count). The summed E-state index contributed by atoms with van der Waals surface area (Å²) in [6.07, 6.45) is 2.87. The second-order valence-electron chi connectivity index (χ2n) is 6.71. The quantitative estimate of drug-likeness (QED) is 0.720. The maximum absolute atomic E-state index is 12.5. The van der Waals surface area contributed by atoms with Gasteiger partial charge in [-0.15, -0.1) is 11.3 Å². The Morgan fingerprint density at radius 2 is 2.04 bits per heavy atom. The van der Waals surface area contributed by atoms with E-state index in [1.807, 2.05) is 42.6 Å². The van der Waals surface area contributed by atoms with E-state index in [9.17, 15) is 9.90 Å². The predicted molar refractivity (Wildman–Crippen MR) is 97.1 cm³/mol. The zero-order chi connectivity index (χ0) is 17.0. The van der Waals surface area contributed by atoms with Crippen LogP contribution in [-0.2, 0) is 6.42 Å². The van der Waals surface area contributed by atoms with Crippen LogP contribution >= 0.6 is 11.3 Å². The Labute approximate surface area is 146 Å². The van der Waals surface area contributed by atoms with E-state index in [1.54, 1.807) is 11.3 Å². The van der Waals surface area contributed by atoms with Gasteiger partial charge in [0.15, 0.2) is 0 Å². The summed E-state index contributed by atoms with van der Waals surface area (Å²) in [5.41, 5.74) is 0.653.